The smallest absolute Gasteiger partial charge is 0.435 e. The molecule has 0 aromatic carbocycles. The number of alkyl halides is 1. The molecule has 82 valence electrons. The Hall–Kier alpha value is -0.890. The predicted molar refractivity (Wildman–Crippen MR) is 41.7 cm³/mol. The van der Waals surface area contributed by atoms with Crippen LogP contribution in [0.3, 0.4) is 0 Å². The van der Waals surface area contributed by atoms with Crippen molar-refractivity contribution in [1.82, 2.24) is 0 Å². The van der Waals surface area contributed by atoms with E-state index in [1.807, 2.05) is 0 Å². The Labute approximate surface area is 80.1 Å². The highest BCUT2D eigenvalue weighted by molar-refractivity contribution is 7.87. The van der Waals surface area contributed by atoms with Crippen LogP contribution in [0.15, 0.2) is 0 Å². The number of ether oxygens (including phenoxy) is 2. The number of hydrogen-bond acceptors (Lipinski definition) is 6. The summed E-state index contributed by atoms with van der Waals surface area (Å²) in [6.45, 7) is 1.60. The van der Waals surface area contributed by atoms with Crippen molar-refractivity contribution in [3.05, 3.63) is 0 Å². The minimum Gasteiger partial charge on any atom is -0.435 e. The van der Waals surface area contributed by atoms with Crippen molar-refractivity contribution in [1.29, 1.82) is 0 Å². The molecule has 0 amide bonds. The van der Waals surface area contributed by atoms with E-state index >= 15 is 0 Å². The molecule has 0 aromatic heterocycles. The molecular weight excluding hydrogens is 219 g/mol. The van der Waals surface area contributed by atoms with Gasteiger partial charge in [0.1, 0.15) is 5.75 Å². The second kappa shape index (κ2) is 4.09. The molecule has 1 aliphatic heterocycles. The Bertz CT molecular complexity index is 312. The Morgan fingerprint density at radius 3 is 2.71 bits per heavy atom. The fraction of sp³-hybridized carbons (Fsp3) is 0.833. The lowest BCUT2D eigenvalue weighted by Gasteiger charge is -2.09. The van der Waals surface area contributed by atoms with Crippen LogP contribution in [-0.4, -0.2) is 39.4 Å². The van der Waals surface area contributed by atoms with Crippen LogP contribution in [-0.2, 0) is 23.8 Å². The quantitative estimate of drug-likeness (QED) is 0.495. The number of carbonyl (C=O) groups excluding carboxylic acids is 1. The Morgan fingerprint density at radius 1 is 1.64 bits per heavy atom. The lowest BCUT2D eigenvalue weighted by Crippen LogP contribution is -2.26. The zero-order chi connectivity index (χ0) is 10.8. The van der Waals surface area contributed by atoms with Gasteiger partial charge in [0.2, 0.25) is 0 Å². The van der Waals surface area contributed by atoms with E-state index in [-0.39, 0.29) is 6.61 Å². The first-order valence-electron chi connectivity index (χ1n) is 3.83. The molecule has 2 atom stereocenters. The van der Waals surface area contributed by atoms with Crippen molar-refractivity contribution < 1.29 is 31.3 Å². The minimum atomic E-state index is -3.91. The van der Waals surface area contributed by atoms with Gasteiger partial charge in [0.05, 0.1) is 6.61 Å². The van der Waals surface area contributed by atoms with Gasteiger partial charge in [-0.05, 0) is 6.92 Å². The SMILES string of the molecule is CCOC(=O)OC1CS(=O)(=O)OC1F. The van der Waals surface area contributed by atoms with Crippen LogP contribution in [0.2, 0.25) is 0 Å². The third-order valence-electron chi connectivity index (χ3n) is 1.41. The van der Waals surface area contributed by atoms with Crippen LogP contribution in [0, 0.1) is 0 Å². The van der Waals surface area contributed by atoms with E-state index in [4.69, 9.17) is 0 Å². The lowest BCUT2D eigenvalue weighted by atomic mass is 10.4. The summed E-state index contributed by atoms with van der Waals surface area (Å²) in [6.07, 6.45) is -4.70. The molecule has 0 N–H and O–H groups in total. The molecule has 0 aliphatic carbocycles. The standard InChI is InChI=1S/C6H9FO6S/c1-2-11-6(8)12-4-3-14(9,10)13-5(4)7/h4-5H,2-3H2,1H3. The van der Waals surface area contributed by atoms with E-state index in [1.54, 1.807) is 0 Å². The van der Waals surface area contributed by atoms with Crippen molar-refractivity contribution in [2.45, 2.75) is 19.4 Å². The third kappa shape index (κ3) is 2.81. The minimum absolute atomic E-state index is 0.0656. The summed E-state index contributed by atoms with van der Waals surface area (Å²) < 4.78 is 46.8. The van der Waals surface area contributed by atoms with E-state index in [2.05, 4.69) is 13.7 Å². The predicted octanol–water partition coefficient (Wildman–Crippen LogP) is 0.184. The highest BCUT2D eigenvalue weighted by Gasteiger charge is 2.42. The molecule has 0 bridgehead atoms. The summed E-state index contributed by atoms with van der Waals surface area (Å²) in [5.74, 6) is -0.688. The first kappa shape index (κ1) is 11.2. The van der Waals surface area contributed by atoms with Crippen molar-refractivity contribution in [2.75, 3.05) is 12.4 Å². The summed E-state index contributed by atoms with van der Waals surface area (Å²) in [6, 6.07) is 0. The van der Waals surface area contributed by atoms with Crippen molar-refractivity contribution >= 4 is 16.3 Å². The van der Waals surface area contributed by atoms with Gasteiger partial charge >= 0.3 is 6.16 Å². The average molecular weight is 228 g/mol. The third-order valence-corrected chi connectivity index (χ3v) is 2.62. The molecule has 0 aromatic rings. The molecule has 1 rings (SSSR count). The molecule has 6 nitrogen and oxygen atoms in total. The van der Waals surface area contributed by atoms with Gasteiger partial charge in [0.15, 0.2) is 6.10 Å². The van der Waals surface area contributed by atoms with Crippen molar-refractivity contribution in [3.8, 4) is 0 Å². The summed E-state index contributed by atoms with van der Waals surface area (Å²) in [7, 11) is -3.91. The van der Waals surface area contributed by atoms with Crippen LogP contribution in [0.5, 0.6) is 0 Å². The molecule has 0 spiro atoms. The monoisotopic (exact) mass is 228 g/mol. The summed E-state index contributed by atoms with van der Waals surface area (Å²) >= 11 is 0. The molecule has 8 heteroatoms. The van der Waals surface area contributed by atoms with E-state index in [1.165, 1.54) is 6.92 Å². The maximum absolute atomic E-state index is 12.8. The number of carbonyl (C=O) groups is 1. The molecule has 0 radical (unpaired) electrons. The normalized spacial score (nSPS) is 29.9. The zero-order valence-corrected chi connectivity index (χ0v) is 8.12. The summed E-state index contributed by atoms with van der Waals surface area (Å²) in [4.78, 5) is 10.7. The van der Waals surface area contributed by atoms with Gasteiger partial charge in [-0.15, -0.1) is 0 Å². The number of hydrogen-bond donors (Lipinski definition) is 0. The van der Waals surface area contributed by atoms with E-state index in [9.17, 15) is 17.6 Å². The Kier molecular flexibility index (Phi) is 3.27. The van der Waals surface area contributed by atoms with Gasteiger partial charge in [-0.25, -0.2) is 13.4 Å². The Morgan fingerprint density at radius 2 is 2.29 bits per heavy atom. The molecule has 1 heterocycles. The first-order valence-corrected chi connectivity index (χ1v) is 5.41. The van der Waals surface area contributed by atoms with Gasteiger partial charge in [0.25, 0.3) is 16.5 Å². The van der Waals surface area contributed by atoms with E-state index in [0.29, 0.717) is 0 Å². The zero-order valence-electron chi connectivity index (χ0n) is 7.30. The van der Waals surface area contributed by atoms with Crippen LogP contribution in [0.25, 0.3) is 0 Å². The maximum atomic E-state index is 12.8. The first-order chi connectivity index (χ1) is 6.44. The van der Waals surface area contributed by atoms with Gasteiger partial charge in [-0.2, -0.15) is 8.42 Å². The van der Waals surface area contributed by atoms with E-state index in [0.717, 1.165) is 0 Å². The highest BCUT2D eigenvalue weighted by Crippen LogP contribution is 2.20. The topological polar surface area (TPSA) is 78.9 Å². The molecular formula is C6H9FO6S. The lowest BCUT2D eigenvalue weighted by molar-refractivity contribution is -0.0429. The number of halogens is 1. The van der Waals surface area contributed by atoms with Gasteiger partial charge in [-0.1, -0.05) is 0 Å². The van der Waals surface area contributed by atoms with Crippen LogP contribution < -0.4 is 0 Å². The Balaban J connectivity index is 2.51. The van der Waals surface area contributed by atoms with Crippen molar-refractivity contribution in [2.24, 2.45) is 0 Å². The molecule has 0 saturated carbocycles. The van der Waals surface area contributed by atoms with Gasteiger partial charge in [-0.3, -0.25) is 0 Å². The van der Waals surface area contributed by atoms with Crippen LogP contribution in [0.4, 0.5) is 9.18 Å². The molecule has 1 aliphatic rings. The van der Waals surface area contributed by atoms with Crippen LogP contribution >= 0.6 is 0 Å². The summed E-state index contributed by atoms with van der Waals surface area (Å²) in [5.41, 5.74) is 0. The van der Waals surface area contributed by atoms with Gasteiger partial charge in [0, 0.05) is 0 Å². The molecule has 1 fully saturated rings. The second-order valence-electron chi connectivity index (χ2n) is 2.51. The second-order valence-corrected chi connectivity index (χ2v) is 4.15. The fourth-order valence-electron chi connectivity index (χ4n) is 0.881. The molecule has 2 unspecified atom stereocenters. The largest absolute Gasteiger partial charge is 0.508 e. The summed E-state index contributed by atoms with van der Waals surface area (Å²) in [5, 5.41) is 0. The van der Waals surface area contributed by atoms with E-state index < -0.39 is 34.5 Å². The van der Waals surface area contributed by atoms with Crippen molar-refractivity contribution in [3.63, 3.8) is 0 Å². The highest BCUT2D eigenvalue weighted by atomic mass is 32.2. The maximum Gasteiger partial charge on any atom is 0.508 e. The molecule has 14 heavy (non-hydrogen) atoms. The van der Waals surface area contributed by atoms with Gasteiger partial charge < -0.3 is 9.47 Å². The van der Waals surface area contributed by atoms with Crippen LogP contribution in [0.1, 0.15) is 6.92 Å². The number of rotatable bonds is 2. The fourth-order valence-corrected chi connectivity index (χ4v) is 1.99. The average Bonchev–Trinajstić information content (AvgIpc) is 2.25. The molecule has 1 saturated heterocycles.